The molecule has 0 saturated carbocycles. The molecule has 0 aliphatic rings. The van der Waals surface area contributed by atoms with E-state index in [1.54, 1.807) is 18.2 Å². The van der Waals surface area contributed by atoms with Crippen molar-refractivity contribution in [3.05, 3.63) is 51.4 Å². The Bertz CT molecular complexity index is 622. The summed E-state index contributed by atoms with van der Waals surface area (Å²) in [5.41, 5.74) is 2.07. The molecule has 6 heteroatoms. The molecule has 0 radical (unpaired) electrons. The van der Waals surface area contributed by atoms with Gasteiger partial charge in [0.25, 0.3) is 0 Å². The molecule has 2 rings (SSSR count). The largest absolute Gasteiger partial charge is 0.475 e. The molecule has 100 valence electrons. The summed E-state index contributed by atoms with van der Waals surface area (Å²) < 4.78 is 4.89. The summed E-state index contributed by atoms with van der Waals surface area (Å²) in [7, 11) is 0. The van der Waals surface area contributed by atoms with Gasteiger partial charge in [0.2, 0.25) is 5.76 Å². The van der Waals surface area contributed by atoms with E-state index in [9.17, 15) is 4.79 Å². The van der Waals surface area contributed by atoms with Crippen molar-refractivity contribution in [2.45, 2.75) is 13.5 Å². The topological polar surface area (TPSA) is 62.5 Å². The van der Waals surface area contributed by atoms with Crippen molar-refractivity contribution in [2.75, 3.05) is 5.32 Å². The van der Waals surface area contributed by atoms with Crippen LogP contribution in [-0.2, 0) is 6.54 Å². The van der Waals surface area contributed by atoms with E-state index >= 15 is 0 Å². The number of halogens is 2. The van der Waals surface area contributed by atoms with Crippen molar-refractivity contribution >= 4 is 34.9 Å². The first-order valence-electron chi connectivity index (χ1n) is 5.48. The van der Waals surface area contributed by atoms with Gasteiger partial charge in [-0.3, -0.25) is 0 Å². The van der Waals surface area contributed by atoms with Crippen molar-refractivity contribution in [1.82, 2.24) is 0 Å². The molecule has 0 spiro atoms. The summed E-state index contributed by atoms with van der Waals surface area (Å²) >= 11 is 12.1. The lowest BCUT2D eigenvalue weighted by Crippen LogP contribution is -2.05. The smallest absolute Gasteiger partial charge is 0.372 e. The van der Waals surface area contributed by atoms with Crippen LogP contribution in [0, 0.1) is 6.92 Å². The third kappa shape index (κ3) is 3.03. The highest BCUT2D eigenvalue weighted by molar-refractivity contribution is 6.35. The van der Waals surface area contributed by atoms with Gasteiger partial charge in [-0.15, -0.1) is 0 Å². The number of nitrogens with one attached hydrogen (secondary N) is 1. The maximum Gasteiger partial charge on any atom is 0.372 e. The molecular formula is C13H11Cl2NO3. The SMILES string of the molecule is Cc1cc(Cl)c(NCc2ccoc2C(=O)O)cc1Cl. The van der Waals surface area contributed by atoms with E-state index in [1.165, 1.54) is 6.26 Å². The summed E-state index contributed by atoms with van der Waals surface area (Å²) in [6, 6.07) is 5.06. The monoisotopic (exact) mass is 299 g/mol. The van der Waals surface area contributed by atoms with E-state index in [0.717, 1.165) is 5.56 Å². The zero-order chi connectivity index (χ0) is 14.0. The van der Waals surface area contributed by atoms with E-state index in [0.29, 0.717) is 21.3 Å². The van der Waals surface area contributed by atoms with Crippen LogP contribution in [0.1, 0.15) is 21.7 Å². The summed E-state index contributed by atoms with van der Waals surface area (Å²) in [5.74, 6) is -1.18. The average molecular weight is 300 g/mol. The lowest BCUT2D eigenvalue weighted by molar-refractivity contribution is 0.0661. The average Bonchev–Trinajstić information content (AvgIpc) is 2.80. The number of benzene rings is 1. The lowest BCUT2D eigenvalue weighted by Gasteiger charge is -2.09. The number of rotatable bonds is 4. The van der Waals surface area contributed by atoms with E-state index in [1.807, 2.05) is 6.92 Å². The molecule has 1 aromatic heterocycles. The van der Waals surface area contributed by atoms with Crippen molar-refractivity contribution in [1.29, 1.82) is 0 Å². The van der Waals surface area contributed by atoms with Crippen LogP contribution in [0.5, 0.6) is 0 Å². The van der Waals surface area contributed by atoms with Crippen LogP contribution in [0.25, 0.3) is 0 Å². The molecule has 4 nitrogen and oxygen atoms in total. The first-order valence-corrected chi connectivity index (χ1v) is 6.24. The van der Waals surface area contributed by atoms with Crippen molar-refractivity contribution in [2.24, 2.45) is 0 Å². The standard InChI is InChI=1S/C13H11Cl2NO3/c1-7-4-10(15)11(5-9(7)14)16-6-8-2-3-19-12(8)13(17)18/h2-5,16H,6H2,1H3,(H,17,18). The van der Waals surface area contributed by atoms with Gasteiger partial charge in [0.15, 0.2) is 0 Å². The lowest BCUT2D eigenvalue weighted by atomic mass is 10.2. The molecule has 19 heavy (non-hydrogen) atoms. The Morgan fingerprint density at radius 3 is 2.79 bits per heavy atom. The molecule has 1 heterocycles. The van der Waals surface area contributed by atoms with Crippen LogP contribution < -0.4 is 5.32 Å². The van der Waals surface area contributed by atoms with Gasteiger partial charge in [-0.25, -0.2) is 4.79 Å². The van der Waals surface area contributed by atoms with Crippen LogP contribution in [0.3, 0.4) is 0 Å². The van der Waals surface area contributed by atoms with Gasteiger partial charge >= 0.3 is 5.97 Å². The summed E-state index contributed by atoms with van der Waals surface area (Å²) in [4.78, 5) is 10.9. The number of carbonyl (C=O) groups is 1. The number of aromatic carboxylic acids is 1. The van der Waals surface area contributed by atoms with Crippen LogP contribution in [0.15, 0.2) is 28.9 Å². The minimum atomic E-state index is -1.10. The van der Waals surface area contributed by atoms with Gasteiger partial charge in [0.1, 0.15) is 0 Å². The second kappa shape index (κ2) is 5.55. The fraction of sp³-hybridized carbons (Fsp3) is 0.154. The molecule has 0 unspecified atom stereocenters. The number of furan rings is 1. The Labute approximate surface area is 119 Å². The van der Waals surface area contributed by atoms with Crippen LogP contribution in [-0.4, -0.2) is 11.1 Å². The molecular weight excluding hydrogens is 289 g/mol. The van der Waals surface area contributed by atoms with E-state index in [2.05, 4.69) is 5.32 Å². The predicted molar refractivity (Wildman–Crippen MR) is 74.2 cm³/mol. The maximum atomic E-state index is 10.9. The first kappa shape index (κ1) is 13.8. The summed E-state index contributed by atoms with van der Waals surface area (Å²) in [6.45, 7) is 2.15. The maximum absolute atomic E-state index is 10.9. The minimum absolute atomic E-state index is 0.0816. The highest BCUT2D eigenvalue weighted by atomic mass is 35.5. The van der Waals surface area contributed by atoms with Gasteiger partial charge in [-0.2, -0.15) is 0 Å². The summed E-state index contributed by atoms with van der Waals surface area (Å²) in [5, 5.41) is 13.1. The summed E-state index contributed by atoms with van der Waals surface area (Å²) in [6.07, 6.45) is 1.34. The Balaban J connectivity index is 2.17. The van der Waals surface area contributed by atoms with Crippen LogP contribution >= 0.6 is 23.2 Å². The Morgan fingerprint density at radius 2 is 2.11 bits per heavy atom. The Kier molecular flexibility index (Phi) is 4.02. The number of anilines is 1. The zero-order valence-corrected chi connectivity index (χ0v) is 11.5. The van der Waals surface area contributed by atoms with Gasteiger partial charge in [0, 0.05) is 17.1 Å². The van der Waals surface area contributed by atoms with Gasteiger partial charge in [0.05, 0.1) is 17.0 Å². The minimum Gasteiger partial charge on any atom is -0.475 e. The predicted octanol–water partition coefficient (Wildman–Crippen LogP) is 4.21. The van der Waals surface area contributed by atoms with E-state index in [4.69, 9.17) is 32.7 Å². The molecule has 0 amide bonds. The zero-order valence-electron chi connectivity index (χ0n) is 10.0. The Morgan fingerprint density at radius 1 is 1.37 bits per heavy atom. The van der Waals surface area contributed by atoms with Gasteiger partial charge < -0.3 is 14.8 Å². The number of aryl methyl sites for hydroxylation is 1. The molecule has 0 bridgehead atoms. The second-order valence-electron chi connectivity index (χ2n) is 4.01. The molecule has 0 atom stereocenters. The quantitative estimate of drug-likeness (QED) is 0.888. The highest BCUT2D eigenvalue weighted by Gasteiger charge is 2.14. The van der Waals surface area contributed by atoms with E-state index in [-0.39, 0.29) is 12.3 Å². The third-order valence-electron chi connectivity index (χ3n) is 2.66. The number of hydrogen-bond acceptors (Lipinski definition) is 3. The molecule has 2 aromatic rings. The number of carboxylic acids is 1. The number of carboxylic acid groups (broad SMARTS) is 1. The molecule has 0 aliphatic heterocycles. The third-order valence-corrected chi connectivity index (χ3v) is 3.38. The van der Waals surface area contributed by atoms with Crippen LogP contribution in [0.4, 0.5) is 5.69 Å². The van der Waals surface area contributed by atoms with Crippen molar-refractivity contribution in [3.63, 3.8) is 0 Å². The molecule has 0 aliphatic carbocycles. The fourth-order valence-electron chi connectivity index (χ4n) is 1.63. The Hall–Kier alpha value is -1.65. The molecule has 2 N–H and O–H groups in total. The first-order chi connectivity index (χ1) is 8.99. The normalized spacial score (nSPS) is 10.5. The molecule has 1 aromatic carbocycles. The second-order valence-corrected chi connectivity index (χ2v) is 4.83. The highest BCUT2D eigenvalue weighted by Crippen LogP contribution is 2.29. The van der Waals surface area contributed by atoms with Crippen LogP contribution in [0.2, 0.25) is 10.0 Å². The van der Waals surface area contributed by atoms with Gasteiger partial charge in [-0.05, 0) is 30.7 Å². The van der Waals surface area contributed by atoms with Gasteiger partial charge in [-0.1, -0.05) is 23.2 Å². The van der Waals surface area contributed by atoms with E-state index < -0.39 is 5.97 Å². The number of hydrogen-bond donors (Lipinski definition) is 2. The van der Waals surface area contributed by atoms with Crippen molar-refractivity contribution in [3.8, 4) is 0 Å². The van der Waals surface area contributed by atoms with Crippen molar-refractivity contribution < 1.29 is 14.3 Å². The molecule has 0 fully saturated rings. The molecule has 0 saturated heterocycles. The fourth-order valence-corrected chi connectivity index (χ4v) is 2.08.